The van der Waals surface area contributed by atoms with Gasteiger partial charge < -0.3 is 24.7 Å². The van der Waals surface area contributed by atoms with Gasteiger partial charge in [0, 0.05) is 18.2 Å². The fourth-order valence-electron chi connectivity index (χ4n) is 5.19. The topological polar surface area (TPSA) is 92.4 Å². The summed E-state index contributed by atoms with van der Waals surface area (Å²) in [4.78, 5) is 27.5. The number of ether oxygens (including phenoxy) is 2. The zero-order valence-electron chi connectivity index (χ0n) is 21.8. The zero-order valence-corrected chi connectivity index (χ0v) is 21.8. The van der Waals surface area contributed by atoms with E-state index in [4.69, 9.17) is 19.4 Å². The van der Waals surface area contributed by atoms with E-state index in [9.17, 15) is 4.79 Å². The molecule has 5 rings (SSSR count). The second-order valence-corrected chi connectivity index (χ2v) is 9.66. The molecule has 0 bridgehead atoms. The first-order valence-electron chi connectivity index (χ1n) is 12.6. The summed E-state index contributed by atoms with van der Waals surface area (Å²) in [5.74, 6) is 2.26. The number of carbonyl (C=O) groups is 1. The molecule has 0 amide bonds. The predicted octanol–water partition coefficient (Wildman–Crippen LogP) is 5.21. The lowest BCUT2D eigenvalue weighted by molar-refractivity contribution is 0.0602. The van der Waals surface area contributed by atoms with E-state index < -0.39 is 5.97 Å². The van der Waals surface area contributed by atoms with Crippen molar-refractivity contribution in [1.82, 2.24) is 19.9 Å². The molecule has 37 heavy (non-hydrogen) atoms. The summed E-state index contributed by atoms with van der Waals surface area (Å²) in [7, 11) is 5.28. The van der Waals surface area contributed by atoms with Crippen molar-refractivity contribution in [3.8, 4) is 5.75 Å². The number of esters is 1. The van der Waals surface area contributed by atoms with E-state index in [0.717, 1.165) is 48.3 Å². The molecule has 1 fully saturated rings. The standard InChI is InChI=1S/C29H33N5O3/c1-18-15-20(25(36-3)17-22(18)19-10-13-34(2)14-11-19)16-26-31-24-9-12-30-27(24)28(33-26)32-23-8-6-5-7-21(23)29(35)37-4/h5-9,12,15,17,19,30H,10-11,13-14,16H2,1-4H3,(H,31,32,33). The molecule has 4 aromatic rings. The first-order chi connectivity index (χ1) is 18.0. The summed E-state index contributed by atoms with van der Waals surface area (Å²) < 4.78 is 10.8. The smallest absolute Gasteiger partial charge is 0.339 e. The first kappa shape index (κ1) is 24.8. The number of aromatic amines is 1. The van der Waals surface area contributed by atoms with Crippen LogP contribution in [0.1, 0.15) is 51.6 Å². The van der Waals surface area contributed by atoms with E-state index in [-0.39, 0.29) is 0 Å². The molecule has 0 spiro atoms. The summed E-state index contributed by atoms with van der Waals surface area (Å²) in [6.07, 6.45) is 4.68. The largest absolute Gasteiger partial charge is 0.496 e. The molecule has 0 saturated carbocycles. The van der Waals surface area contributed by atoms with Crippen molar-refractivity contribution in [3.63, 3.8) is 0 Å². The molecule has 1 aliphatic rings. The Balaban J connectivity index is 1.47. The van der Waals surface area contributed by atoms with Crippen molar-refractivity contribution in [2.45, 2.75) is 32.1 Å². The van der Waals surface area contributed by atoms with Crippen molar-refractivity contribution in [1.29, 1.82) is 0 Å². The van der Waals surface area contributed by atoms with Gasteiger partial charge in [-0.05, 0) is 81.2 Å². The van der Waals surface area contributed by atoms with Gasteiger partial charge >= 0.3 is 5.97 Å². The van der Waals surface area contributed by atoms with E-state index in [1.165, 1.54) is 18.2 Å². The second-order valence-electron chi connectivity index (χ2n) is 9.66. The van der Waals surface area contributed by atoms with Crippen LogP contribution < -0.4 is 10.1 Å². The van der Waals surface area contributed by atoms with Gasteiger partial charge in [0.05, 0.1) is 31.0 Å². The Bertz CT molecular complexity index is 1420. The van der Waals surface area contributed by atoms with Crippen LogP contribution in [0.3, 0.4) is 0 Å². The van der Waals surface area contributed by atoms with Gasteiger partial charge in [0.2, 0.25) is 0 Å². The van der Waals surface area contributed by atoms with Crippen molar-refractivity contribution in [2.75, 3.05) is 39.7 Å². The monoisotopic (exact) mass is 499 g/mol. The molecule has 8 nitrogen and oxygen atoms in total. The van der Waals surface area contributed by atoms with Gasteiger partial charge in [0.15, 0.2) is 5.82 Å². The molecule has 3 heterocycles. The SMILES string of the molecule is COC(=O)c1ccccc1Nc1nc(Cc2cc(C)c(C3CCN(C)CC3)cc2OC)nc2cc[nH]c12. The fourth-order valence-corrected chi connectivity index (χ4v) is 5.19. The third kappa shape index (κ3) is 5.15. The molecule has 1 saturated heterocycles. The number of nitrogens with one attached hydrogen (secondary N) is 2. The summed E-state index contributed by atoms with van der Waals surface area (Å²) in [5.41, 5.74) is 6.31. The molecular formula is C29H33N5O3. The minimum atomic E-state index is -0.412. The van der Waals surface area contributed by atoms with E-state index in [1.807, 2.05) is 24.4 Å². The zero-order chi connectivity index (χ0) is 25.9. The van der Waals surface area contributed by atoms with Gasteiger partial charge in [0.25, 0.3) is 0 Å². The number of likely N-dealkylation sites (tertiary alicyclic amines) is 1. The summed E-state index contributed by atoms with van der Waals surface area (Å²) >= 11 is 0. The second kappa shape index (κ2) is 10.6. The number of piperidine rings is 1. The predicted molar refractivity (Wildman–Crippen MR) is 145 cm³/mol. The normalized spacial score (nSPS) is 14.6. The average Bonchev–Trinajstić information content (AvgIpc) is 3.38. The first-order valence-corrected chi connectivity index (χ1v) is 12.6. The van der Waals surface area contributed by atoms with Gasteiger partial charge in [0.1, 0.15) is 17.1 Å². The van der Waals surface area contributed by atoms with Crippen molar-refractivity contribution >= 4 is 28.5 Å². The van der Waals surface area contributed by atoms with Crippen LogP contribution >= 0.6 is 0 Å². The summed E-state index contributed by atoms with van der Waals surface area (Å²) in [6, 6.07) is 13.6. The maximum Gasteiger partial charge on any atom is 0.339 e. The van der Waals surface area contributed by atoms with Crippen molar-refractivity contribution < 1.29 is 14.3 Å². The molecule has 192 valence electrons. The highest BCUT2D eigenvalue weighted by atomic mass is 16.5. The number of para-hydroxylation sites is 1. The van der Waals surface area contributed by atoms with E-state index in [2.05, 4.69) is 41.3 Å². The van der Waals surface area contributed by atoms with Crippen LogP contribution in [-0.4, -0.2) is 60.2 Å². The number of nitrogens with zero attached hydrogens (tertiary/aromatic N) is 3. The number of carbonyl (C=O) groups excluding carboxylic acids is 1. The highest BCUT2D eigenvalue weighted by Crippen LogP contribution is 2.35. The molecular weight excluding hydrogens is 466 g/mol. The van der Waals surface area contributed by atoms with Crippen molar-refractivity contribution in [3.05, 3.63) is 76.7 Å². The quantitative estimate of drug-likeness (QED) is 0.338. The van der Waals surface area contributed by atoms with Gasteiger partial charge in [-0.25, -0.2) is 14.8 Å². The van der Waals surface area contributed by atoms with Crippen LogP contribution in [-0.2, 0) is 11.2 Å². The number of benzene rings is 2. The number of rotatable bonds is 7. The number of hydrogen-bond acceptors (Lipinski definition) is 7. The molecule has 0 radical (unpaired) electrons. The number of anilines is 2. The number of methoxy groups -OCH3 is 2. The fraction of sp³-hybridized carbons (Fsp3) is 0.345. The lowest BCUT2D eigenvalue weighted by Gasteiger charge is -2.30. The van der Waals surface area contributed by atoms with E-state index in [1.54, 1.807) is 19.2 Å². The Kier molecular flexibility index (Phi) is 7.10. The maximum atomic E-state index is 12.3. The Hall–Kier alpha value is -3.91. The van der Waals surface area contributed by atoms with E-state index in [0.29, 0.717) is 35.2 Å². The molecule has 0 unspecified atom stereocenters. The van der Waals surface area contributed by atoms with Crippen molar-refractivity contribution in [2.24, 2.45) is 0 Å². The molecule has 2 aromatic heterocycles. The Labute approximate surface area is 217 Å². The molecule has 0 atom stereocenters. The van der Waals surface area contributed by atoms with Crippen LogP contribution in [0.25, 0.3) is 11.0 Å². The summed E-state index contributed by atoms with van der Waals surface area (Å²) in [5, 5.41) is 3.32. The van der Waals surface area contributed by atoms with Gasteiger partial charge in [-0.2, -0.15) is 0 Å². The third-order valence-electron chi connectivity index (χ3n) is 7.21. The Morgan fingerprint density at radius 2 is 1.92 bits per heavy atom. The highest BCUT2D eigenvalue weighted by molar-refractivity contribution is 5.98. The minimum Gasteiger partial charge on any atom is -0.496 e. The number of fused-ring (bicyclic) bond motifs is 1. The number of aryl methyl sites for hydroxylation is 1. The van der Waals surface area contributed by atoms with Crippen LogP contribution in [0.2, 0.25) is 0 Å². The van der Waals surface area contributed by atoms with Crippen LogP contribution in [0, 0.1) is 6.92 Å². The van der Waals surface area contributed by atoms with Crippen LogP contribution in [0.5, 0.6) is 5.75 Å². The summed E-state index contributed by atoms with van der Waals surface area (Å²) in [6.45, 7) is 4.42. The molecule has 8 heteroatoms. The minimum absolute atomic E-state index is 0.412. The lowest BCUT2D eigenvalue weighted by atomic mass is 9.85. The Morgan fingerprint density at radius 1 is 1.14 bits per heavy atom. The van der Waals surface area contributed by atoms with Crippen LogP contribution in [0.15, 0.2) is 48.7 Å². The third-order valence-corrected chi connectivity index (χ3v) is 7.21. The lowest BCUT2D eigenvalue weighted by Crippen LogP contribution is -2.29. The number of hydrogen-bond donors (Lipinski definition) is 2. The van der Waals surface area contributed by atoms with Crippen LogP contribution in [0.4, 0.5) is 11.5 Å². The maximum absolute atomic E-state index is 12.3. The van der Waals surface area contributed by atoms with Gasteiger partial charge in [-0.1, -0.05) is 18.2 Å². The number of aromatic nitrogens is 3. The van der Waals surface area contributed by atoms with E-state index >= 15 is 0 Å². The van der Waals surface area contributed by atoms with Gasteiger partial charge in [-0.15, -0.1) is 0 Å². The Morgan fingerprint density at radius 3 is 2.68 bits per heavy atom. The molecule has 2 aromatic carbocycles. The number of H-pyrrole nitrogens is 1. The average molecular weight is 500 g/mol. The molecule has 0 aliphatic carbocycles. The van der Waals surface area contributed by atoms with Gasteiger partial charge in [-0.3, -0.25) is 0 Å². The molecule has 1 aliphatic heterocycles. The molecule has 2 N–H and O–H groups in total. The highest BCUT2D eigenvalue weighted by Gasteiger charge is 2.22.